The number of anilines is 2. The first kappa shape index (κ1) is 27.9. The lowest BCUT2D eigenvalue weighted by atomic mass is 9.90. The summed E-state index contributed by atoms with van der Waals surface area (Å²) in [4.78, 5) is 24.1. The number of pyridine rings is 2. The van der Waals surface area contributed by atoms with Gasteiger partial charge in [-0.1, -0.05) is 19.9 Å². The van der Waals surface area contributed by atoms with Gasteiger partial charge in [0.2, 0.25) is 0 Å². The van der Waals surface area contributed by atoms with Crippen molar-refractivity contribution < 1.29 is 17.6 Å². The monoisotopic (exact) mass is 563 g/mol. The average molecular weight is 564 g/mol. The minimum Gasteiger partial charge on any atom is -0.381 e. The first-order valence-electron chi connectivity index (χ1n) is 13.5. The molecule has 40 heavy (non-hydrogen) atoms. The molecular weight excluding hydrogens is 529 g/mol. The summed E-state index contributed by atoms with van der Waals surface area (Å²) in [7, 11) is -3.43. The van der Waals surface area contributed by atoms with E-state index in [4.69, 9.17) is 0 Å². The van der Waals surface area contributed by atoms with Gasteiger partial charge in [0.25, 0.3) is 5.91 Å². The lowest BCUT2D eigenvalue weighted by Gasteiger charge is -2.25. The lowest BCUT2D eigenvalue weighted by molar-refractivity contribution is -0.111. The van der Waals surface area contributed by atoms with Crippen LogP contribution in [-0.4, -0.2) is 60.8 Å². The molecule has 1 fully saturated rings. The van der Waals surface area contributed by atoms with Gasteiger partial charge >= 0.3 is 0 Å². The molecular formula is C30H34FN5O3S. The Balaban J connectivity index is 1.41. The average Bonchev–Trinajstić information content (AvgIpc) is 3.32. The molecule has 2 aromatic heterocycles. The summed E-state index contributed by atoms with van der Waals surface area (Å²) in [5.74, 6) is -0.280. The van der Waals surface area contributed by atoms with E-state index in [0.29, 0.717) is 50.2 Å². The highest BCUT2D eigenvalue weighted by Crippen LogP contribution is 2.37. The van der Waals surface area contributed by atoms with E-state index >= 15 is 0 Å². The second-order valence-electron chi connectivity index (χ2n) is 10.6. The lowest BCUT2D eigenvalue weighted by Crippen LogP contribution is -2.28. The normalized spacial score (nSPS) is 19.3. The Morgan fingerprint density at radius 1 is 1.12 bits per heavy atom. The van der Waals surface area contributed by atoms with Crippen molar-refractivity contribution in [3.05, 3.63) is 71.7 Å². The standard InChI is InChI=1S/C30H34FN5O3S/c1-4-21-16-33-26-8-6-22(23-12-20(14-32-15-23)18-36-11-10-30(31,5-2)19-36)13-25(26)28(21)29(37)35-24-7-9-27(34-17-24)40(3,38)39/h6-9,12-15,17,33H,4-5,10-11,16,18-19H2,1-3H3,(H,35,37). The quantitative estimate of drug-likeness (QED) is 0.393. The maximum absolute atomic E-state index is 14.7. The van der Waals surface area contributed by atoms with Gasteiger partial charge in [-0.2, -0.15) is 0 Å². The number of aromatic nitrogens is 2. The number of alkyl halides is 1. The molecule has 1 unspecified atom stereocenters. The van der Waals surface area contributed by atoms with Gasteiger partial charge < -0.3 is 10.6 Å². The number of hydrogen-bond acceptors (Lipinski definition) is 7. The maximum atomic E-state index is 14.7. The number of rotatable bonds is 8. The van der Waals surface area contributed by atoms with Crippen molar-refractivity contribution >= 4 is 32.7 Å². The van der Waals surface area contributed by atoms with E-state index in [1.807, 2.05) is 38.2 Å². The molecule has 0 saturated carbocycles. The van der Waals surface area contributed by atoms with Crippen LogP contribution in [0.25, 0.3) is 16.7 Å². The molecule has 10 heteroatoms. The second-order valence-corrected chi connectivity index (χ2v) is 12.6. The zero-order chi connectivity index (χ0) is 28.5. The fourth-order valence-corrected chi connectivity index (χ4v) is 5.91. The minimum atomic E-state index is -3.43. The SMILES string of the molecule is CCC1=C(C(=O)Nc2ccc(S(C)(=O)=O)nc2)c2cc(-c3cncc(CN4CCC(F)(CC)C4)c3)ccc2NC1. The fourth-order valence-electron chi connectivity index (χ4n) is 5.35. The van der Waals surface area contributed by atoms with E-state index in [1.54, 1.807) is 6.20 Å². The van der Waals surface area contributed by atoms with Crippen LogP contribution in [0, 0.1) is 0 Å². The summed E-state index contributed by atoms with van der Waals surface area (Å²) < 4.78 is 38.2. The Morgan fingerprint density at radius 2 is 1.95 bits per heavy atom. The summed E-state index contributed by atoms with van der Waals surface area (Å²) >= 11 is 0. The molecule has 0 spiro atoms. The van der Waals surface area contributed by atoms with Gasteiger partial charge in [0, 0.05) is 67.2 Å². The summed E-state index contributed by atoms with van der Waals surface area (Å²) in [6.45, 7) is 6.27. The molecule has 2 aliphatic rings. The van der Waals surface area contributed by atoms with E-state index in [-0.39, 0.29) is 10.9 Å². The Kier molecular flexibility index (Phi) is 7.74. The van der Waals surface area contributed by atoms with Crippen LogP contribution in [0.2, 0.25) is 0 Å². The predicted octanol–water partition coefficient (Wildman–Crippen LogP) is 5.10. The van der Waals surface area contributed by atoms with Crippen molar-refractivity contribution in [1.29, 1.82) is 0 Å². The first-order chi connectivity index (χ1) is 19.1. The van der Waals surface area contributed by atoms with Crippen LogP contribution >= 0.6 is 0 Å². The number of likely N-dealkylation sites (tertiary alicyclic amines) is 1. The highest BCUT2D eigenvalue weighted by Gasteiger charge is 2.36. The van der Waals surface area contributed by atoms with Gasteiger partial charge in [-0.15, -0.1) is 0 Å². The van der Waals surface area contributed by atoms with Crippen LogP contribution < -0.4 is 10.6 Å². The highest BCUT2D eigenvalue weighted by atomic mass is 32.2. The molecule has 8 nitrogen and oxygen atoms in total. The van der Waals surface area contributed by atoms with Crippen LogP contribution in [0.5, 0.6) is 0 Å². The van der Waals surface area contributed by atoms with Gasteiger partial charge in [0.15, 0.2) is 14.9 Å². The number of nitrogens with zero attached hydrogens (tertiary/aromatic N) is 3. The number of carbonyl (C=O) groups is 1. The van der Waals surface area contributed by atoms with E-state index in [0.717, 1.165) is 46.3 Å². The second kappa shape index (κ2) is 11.1. The van der Waals surface area contributed by atoms with Gasteiger partial charge in [-0.05, 0) is 66.3 Å². The zero-order valence-corrected chi connectivity index (χ0v) is 23.8. The number of carbonyl (C=O) groups excluding carboxylic acids is 1. The van der Waals surface area contributed by atoms with Crippen molar-refractivity contribution in [2.24, 2.45) is 0 Å². The molecule has 3 aromatic rings. The topological polar surface area (TPSA) is 104 Å². The van der Waals surface area contributed by atoms with Crippen LogP contribution in [0.15, 0.2) is 65.6 Å². The molecule has 5 rings (SSSR count). The summed E-state index contributed by atoms with van der Waals surface area (Å²) in [6.07, 6.45) is 7.84. The molecule has 0 radical (unpaired) electrons. The van der Waals surface area contributed by atoms with Gasteiger partial charge in [0.05, 0.1) is 11.9 Å². The summed E-state index contributed by atoms with van der Waals surface area (Å²) in [5, 5.41) is 6.25. The molecule has 2 aliphatic heterocycles. The third-order valence-corrected chi connectivity index (χ3v) is 8.71. The van der Waals surface area contributed by atoms with E-state index in [2.05, 4.69) is 31.6 Å². The largest absolute Gasteiger partial charge is 0.381 e. The number of halogens is 1. The van der Waals surface area contributed by atoms with Crippen LogP contribution in [-0.2, 0) is 21.2 Å². The van der Waals surface area contributed by atoms with Crippen molar-refractivity contribution in [2.75, 3.05) is 36.5 Å². The molecule has 4 heterocycles. The van der Waals surface area contributed by atoms with Gasteiger partial charge in [-0.25, -0.2) is 17.8 Å². The molecule has 1 saturated heterocycles. The molecule has 2 N–H and O–H groups in total. The molecule has 0 aliphatic carbocycles. The fraction of sp³-hybridized carbons (Fsp3) is 0.367. The van der Waals surface area contributed by atoms with Gasteiger partial charge in [0.1, 0.15) is 5.67 Å². The number of nitrogens with one attached hydrogen (secondary N) is 2. The van der Waals surface area contributed by atoms with Crippen molar-refractivity contribution in [1.82, 2.24) is 14.9 Å². The third kappa shape index (κ3) is 5.93. The smallest absolute Gasteiger partial charge is 0.256 e. The van der Waals surface area contributed by atoms with Crippen molar-refractivity contribution in [3.63, 3.8) is 0 Å². The molecule has 210 valence electrons. The molecule has 1 amide bonds. The molecule has 1 atom stereocenters. The van der Waals surface area contributed by atoms with Gasteiger partial charge in [-0.3, -0.25) is 14.7 Å². The summed E-state index contributed by atoms with van der Waals surface area (Å²) in [5.41, 5.74) is 5.36. The van der Waals surface area contributed by atoms with Crippen LogP contribution in [0.1, 0.15) is 44.2 Å². The van der Waals surface area contributed by atoms with Crippen LogP contribution in [0.3, 0.4) is 0 Å². The molecule has 0 bridgehead atoms. The highest BCUT2D eigenvalue weighted by molar-refractivity contribution is 7.90. The van der Waals surface area contributed by atoms with Crippen molar-refractivity contribution in [2.45, 2.75) is 50.3 Å². The molecule has 1 aromatic carbocycles. The van der Waals surface area contributed by atoms with E-state index in [1.165, 1.54) is 18.3 Å². The Morgan fingerprint density at radius 3 is 2.62 bits per heavy atom. The number of hydrogen-bond donors (Lipinski definition) is 2. The number of fused-ring (bicyclic) bond motifs is 1. The van der Waals surface area contributed by atoms with E-state index < -0.39 is 15.5 Å². The Labute approximate surface area is 234 Å². The number of benzene rings is 1. The Bertz CT molecular complexity index is 1570. The summed E-state index contributed by atoms with van der Waals surface area (Å²) in [6, 6.07) is 11.0. The first-order valence-corrected chi connectivity index (χ1v) is 15.4. The predicted molar refractivity (Wildman–Crippen MR) is 155 cm³/mol. The maximum Gasteiger partial charge on any atom is 0.256 e. The zero-order valence-electron chi connectivity index (χ0n) is 23.0. The third-order valence-electron chi connectivity index (χ3n) is 7.71. The number of sulfone groups is 1. The minimum absolute atomic E-state index is 0.0502. The van der Waals surface area contributed by atoms with Crippen LogP contribution in [0.4, 0.5) is 15.8 Å². The van der Waals surface area contributed by atoms with E-state index in [9.17, 15) is 17.6 Å². The van der Waals surface area contributed by atoms with Crippen molar-refractivity contribution in [3.8, 4) is 11.1 Å². The Hall–Kier alpha value is -3.63. The number of amides is 1.